The maximum absolute atomic E-state index is 11.2. The lowest BCUT2D eigenvalue weighted by Gasteiger charge is -2.17. The average Bonchev–Trinajstić information content (AvgIpc) is 2.05. The van der Waals surface area contributed by atoms with Crippen molar-refractivity contribution in [3.63, 3.8) is 0 Å². The molecule has 1 saturated heterocycles. The highest BCUT2D eigenvalue weighted by molar-refractivity contribution is 8.18. The molecule has 1 fully saturated rings. The van der Waals surface area contributed by atoms with Crippen molar-refractivity contribution in [2.24, 2.45) is 0 Å². The van der Waals surface area contributed by atoms with Gasteiger partial charge < -0.3 is 4.74 Å². The molecule has 0 unspecified atom stereocenters. The molecule has 1 aliphatic heterocycles. The summed E-state index contributed by atoms with van der Waals surface area (Å²) in [6, 6.07) is 0. The summed E-state index contributed by atoms with van der Waals surface area (Å²) in [6.07, 6.45) is 0. The van der Waals surface area contributed by atoms with E-state index in [0.717, 1.165) is 5.08 Å². The van der Waals surface area contributed by atoms with Gasteiger partial charge in [0.15, 0.2) is 11.0 Å². The Hall–Kier alpha value is -0.160. The van der Waals surface area contributed by atoms with Crippen LogP contribution in [-0.4, -0.2) is 34.4 Å². The lowest BCUT2D eigenvalue weighted by molar-refractivity contribution is -0.144. The Labute approximate surface area is 79.6 Å². The van der Waals surface area contributed by atoms with Crippen molar-refractivity contribution in [1.29, 1.82) is 0 Å². The van der Waals surface area contributed by atoms with Gasteiger partial charge in [0.2, 0.25) is 0 Å². The molecule has 0 saturated carbocycles. The summed E-state index contributed by atoms with van der Waals surface area (Å²) in [5.74, 6) is 0.0405. The second-order valence-corrected chi connectivity index (χ2v) is 4.68. The zero-order valence-corrected chi connectivity index (χ0v) is 8.37. The molecule has 3 nitrogen and oxygen atoms in total. The van der Waals surface area contributed by atoms with Crippen LogP contribution in [0.3, 0.4) is 0 Å². The monoisotopic (exact) mass is 206 g/mol. The highest BCUT2D eigenvalue weighted by Crippen LogP contribution is 2.26. The van der Waals surface area contributed by atoms with Gasteiger partial charge in [0, 0.05) is 5.08 Å². The number of Topliss-reactive ketones (excluding diaryl/α,β-unsaturated/α-hetero) is 1. The third kappa shape index (κ3) is 2.42. The maximum atomic E-state index is 11.2. The fourth-order valence-electron chi connectivity index (χ4n) is 0.844. The molecule has 1 atom stereocenters. The van der Waals surface area contributed by atoms with E-state index < -0.39 is 5.25 Å². The van der Waals surface area contributed by atoms with Crippen LogP contribution in [0.5, 0.6) is 0 Å². The van der Waals surface area contributed by atoms with Crippen LogP contribution in [0.4, 0.5) is 0 Å². The number of carbonyl (C=O) groups excluding carboxylic acids is 2. The van der Waals surface area contributed by atoms with Gasteiger partial charge in [-0.25, -0.2) is 0 Å². The van der Waals surface area contributed by atoms with Gasteiger partial charge in [0.25, 0.3) is 0 Å². The molecule has 5 heteroatoms. The molecule has 12 heavy (non-hydrogen) atoms. The fourth-order valence-corrected chi connectivity index (χ4v) is 3.05. The van der Waals surface area contributed by atoms with Crippen molar-refractivity contribution >= 4 is 35.3 Å². The molecule has 0 N–H and O–H groups in total. The van der Waals surface area contributed by atoms with Gasteiger partial charge in [-0.2, -0.15) is 0 Å². The van der Waals surface area contributed by atoms with E-state index in [1.165, 1.54) is 11.8 Å². The van der Waals surface area contributed by atoms with E-state index >= 15 is 0 Å². The van der Waals surface area contributed by atoms with Crippen LogP contribution >= 0.6 is 23.5 Å². The summed E-state index contributed by atoms with van der Waals surface area (Å²) >= 11 is 2.91. The molecule has 1 heterocycles. The van der Waals surface area contributed by atoms with E-state index in [9.17, 15) is 9.59 Å². The van der Waals surface area contributed by atoms with Crippen molar-refractivity contribution in [2.75, 3.05) is 17.4 Å². The smallest absolute Gasteiger partial charge is 0.326 e. The molecule has 0 aromatic heterocycles. The third-order valence-corrected chi connectivity index (χ3v) is 3.84. The highest BCUT2D eigenvalue weighted by Gasteiger charge is 2.30. The molecular formula is C7H10O3S2. The Kier molecular flexibility index (Phi) is 3.94. The third-order valence-electron chi connectivity index (χ3n) is 1.36. The molecule has 0 bridgehead atoms. The van der Waals surface area contributed by atoms with Crippen LogP contribution in [0.1, 0.15) is 6.92 Å². The predicted octanol–water partition coefficient (Wildman–Crippen LogP) is 0.925. The van der Waals surface area contributed by atoms with E-state index in [0.29, 0.717) is 12.4 Å². The van der Waals surface area contributed by atoms with Crippen LogP contribution in [0.25, 0.3) is 0 Å². The van der Waals surface area contributed by atoms with Crippen molar-refractivity contribution in [3.05, 3.63) is 0 Å². The summed E-state index contributed by atoms with van der Waals surface area (Å²) in [5.41, 5.74) is 0. The number of rotatable bonds is 2. The van der Waals surface area contributed by atoms with Crippen LogP contribution in [0.2, 0.25) is 0 Å². The quantitative estimate of drug-likeness (QED) is 0.496. The van der Waals surface area contributed by atoms with E-state index in [1.54, 1.807) is 18.7 Å². The lowest BCUT2D eigenvalue weighted by atomic mass is 10.3. The molecule has 0 aromatic rings. The molecule has 68 valence electrons. The van der Waals surface area contributed by atoms with Crippen molar-refractivity contribution in [2.45, 2.75) is 12.2 Å². The number of hydrogen-bond acceptors (Lipinski definition) is 5. The van der Waals surface area contributed by atoms with Crippen LogP contribution < -0.4 is 0 Å². The molecule has 0 spiro atoms. The number of hydrogen-bond donors (Lipinski definition) is 0. The van der Waals surface area contributed by atoms with E-state index in [-0.39, 0.29) is 11.8 Å². The first-order chi connectivity index (χ1) is 5.75. The zero-order valence-electron chi connectivity index (χ0n) is 6.74. The van der Waals surface area contributed by atoms with Gasteiger partial charge in [0.1, 0.15) is 0 Å². The standard InChI is InChI=1S/C7H10O3S2/c1-2-10-7(9)6-5(8)3-11-4-12-6/h6H,2-4H2,1H3/t6-/m1/s1. The number of thioether (sulfide) groups is 2. The molecule has 0 radical (unpaired) electrons. The first kappa shape index (κ1) is 9.92. The number of carbonyl (C=O) groups is 2. The van der Waals surface area contributed by atoms with Gasteiger partial charge in [0.05, 0.1) is 12.4 Å². The molecule has 0 aliphatic carbocycles. The van der Waals surface area contributed by atoms with E-state index in [2.05, 4.69) is 0 Å². The minimum Gasteiger partial charge on any atom is -0.465 e. The second kappa shape index (κ2) is 4.77. The first-order valence-electron chi connectivity index (χ1n) is 3.64. The molecule has 1 aliphatic rings. The molecule has 1 rings (SSSR count). The number of esters is 1. The normalized spacial score (nSPS) is 23.8. The molecule has 0 amide bonds. The van der Waals surface area contributed by atoms with Crippen molar-refractivity contribution < 1.29 is 14.3 Å². The Morgan fingerprint density at radius 2 is 2.50 bits per heavy atom. The Morgan fingerprint density at radius 3 is 3.08 bits per heavy atom. The maximum Gasteiger partial charge on any atom is 0.326 e. The van der Waals surface area contributed by atoms with E-state index in [4.69, 9.17) is 4.74 Å². The summed E-state index contributed by atoms with van der Waals surface area (Å²) in [5, 5.41) is 0.237. The number of ether oxygens (including phenoxy) is 1. The molecular weight excluding hydrogens is 196 g/mol. The lowest BCUT2D eigenvalue weighted by Crippen LogP contribution is -2.33. The largest absolute Gasteiger partial charge is 0.465 e. The second-order valence-electron chi connectivity index (χ2n) is 2.23. The summed E-state index contributed by atoms with van der Waals surface area (Å²) in [4.78, 5) is 22.3. The SMILES string of the molecule is CCOC(=O)[C@@H]1SCSCC1=O. The van der Waals surface area contributed by atoms with Crippen LogP contribution in [0.15, 0.2) is 0 Å². The van der Waals surface area contributed by atoms with Gasteiger partial charge in [-0.1, -0.05) is 0 Å². The fraction of sp³-hybridized carbons (Fsp3) is 0.714. The average molecular weight is 206 g/mol. The van der Waals surface area contributed by atoms with Crippen LogP contribution in [0, 0.1) is 0 Å². The Balaban J connectivity index is 2.48. The van der Waals surface area contributed by atoms with E-state index in [1.807, 2.05) is 0 Å². The number of ketones is 1. The first-order valence-corrected chi connectivity index (χ1v) is 5.84. The predicted molar refractivity (Wildman–Crippen MR) is 50.3 cm³/mol. The zero-order chi connectivity index (χ0) is 8.97. The Bertz CT molecular complexity index is 193. The Morgan fingerprint density at radius 1 is 1.75 bits per heavy atom. The highest BCUT2D eigenvalue weighted by atomic mass is 32.2. The van der Waals surface area contributed by atoms with Gasteiger partial charge in [-0.05, 0) is 6.92 Å². The summed E-state index contributed by atoms with van der Waals surface area (Å²) in [6.45, 7) is 2.08. The van der Waals surface area contributed by atoms with Crippen LogP contribution in [-0.2, 0) is 14.3 Å². The molecule has 0 aromatic carbocycles. The van der Waals surface area contributed by atoms with Crippen molar-refractivity contribution in [1.82, 2.24) is 0 Å². The van der Waals surface area contributed by atoms with Crippen molar-refractivity contribution in [3.8, 4) is 0 Å². The minimum atomic E-state index is -0.564. The van der Waals surface area contributed by atoms with Gasteiger partial charge in [-0.3, -0.25) is 9.59 Å². The summed E-state index contributed by atoms with van der Waals surface area (Å²) < 4.78 is 4.76. The van der Waals surface area contributed by atoms with Gasteiger partial charge in [-0.15, -0.1) is 23.5 Å². The summed E-state index contributed by atoms with van der Waals surface area (Å²) in [7, 11) is 0. The topological polar surface area (TPSA) is 43.4 Å². The van der Waals surface area contributed by atoms with Gasteiger partial charge >= 0.3 is 5.97 Å². The minimum absolute atomic E-state index is 0.0188.